The van der Waals surface area contributed by atoms with Crippen LogP contribution in [0.3, 0.4) is 0 Å². The Labute approximate surface area is 191 Å². The van der Waals surface area contributed by atoms with Crippen LogP contribution in [0.15, 0.2) is 78.4 Å². The molecule has 0 bridgehead atoms. The van der Waals surface area contributed by atoms with Crippen molar-refractivity contribution in [2.75, 3.05) is 17.2 Å². The highest BCUT2D eigenvalue weighted by atomic mass is 35.5. The summed E-state index contributed by atoms with van der Waals surface area (Å²) in [6.07, 6.45) is 1.49. The number of nitrogens with zero attached hydrogens (tertiary/aromatic N) is 1. The third-order valence-corrected chi connectivity index (χ3v) is 4.55. The van der Waals surface area contributed by atoms with Crippen LogP contribution >= 0.6 is 11.6 Å². The molecule has 2 N–H and O–H groups in total. The van der Waals surface area contributed by atoms with Gasteiger partial charge in [0.1, 0.15) is 17.4 Å². The molecule has 0 saturated carbocycles. The minimum atomic E-state index is -0.490. The average Bonchev–Trinajstić information content (AvgIpc) is 2.77. The maximum absolute atomic E-state index is 12.4. The number of rotatable bonds is 7. The van der Waals surface area contributed by atoms with E-state index in [0.717, 1.165) is 5.56 Å². The van der Waals surface area contributed by atoms with Gasteiger partial charge in [-0.3, -0.25) is 9.59 Å². The van der Waals surface area contributed by atoms with Gasteiger partial charge in [0, 0.05) is 16.4 Å². The number of hydrogen-bond donors (Lipinski definition) is 2. The smallest absolute Gasteiger partial charge is 0.266 e. The molecule has 3 aromatic rings. The fourth-order valence-corrected chi connectivity index (χ4v) is 3.00. The molecule has 0 aromatic heterocycles. The summed E-state index contributed by atoms with van der Waals surface area (Å²) in [4.78, 5) is 24.4. The molecule has 6 nitrogen and oxygen atoms in total. The van der Waals surface area contributed by atoms with E-state index in [9.17, 15) is 14.9 Å². The third-order valence-electron chi connectivity index (χ3n) is 4.31. The largest absolute Gasteiger partial charge is 0.484 e. The van der Waals surface area contributed by atoms with Gasteiger partial charge in [-0.2, -0.15) is 5.26 Å². The molecule has 2 amide bonds. The summed E-state index contributed by atoms with van der Waals surface area (Å²) in [6, 6.07) is 22.8. The van der Waals surface area contributed by atoms with Gasteiger partial charge in [-0.1, -0.05) is 41.9 Å². The van der Waals surface area contributed by atoms with Crippen molar-refractivity contribution >= 4 is 40.9 Å². The highest BCUT2D eigenvalue weighted by Crippen LogP contribution is 2.17. The Kier molecular flexibility index (Phi) is 7.63. The Hall–Kier alpha value is -4.08. The maximum Gasteiger partial charge on any atom is 0.266 e. The molecule has 0 aliphatic heterocycles. The number of carbonyl (C=O) groups is 2. The molecular formula is C25H20ClN3O3. The van der Waals surface area contributed by atoms with E-state index in [-0.39, 0.29) is 18.1 Å². The molecule has 0 heterocycles. The molecule has 160 valence electrons. The molecule has 32 heavy (non-hydrogen) atoms. The minimum Gasteiger partial charge on any atom is -0.484 e. The van der Waals surface area contributed by atoms with Gasteiger partial charge in [-0.25, -0.2) is 0 Å². The van der Waals surface area contributed by atoms with Crippen LogP contribution in [0.1, 0.15) is 11.1 Å². The second kappa shape index (κ2) is 10.8. The SMILES string of the molecule is Cc1cccc(NC(=O)/C(C#N)=C/c2ccc(OCC(=O)Nc3cccc(Cl)c3)cc2)c1. The molecule has 0 atom stereocenters. The van der Waals surface area contributed by atoms with Crippen LogP contribution < -0.4 is 15.4 Å². The Morgan fingerprint density at radius 3 is 2.34 bits per heavy atom. The van der Waals surface area contributed by atoms with Gasteiger partial charge >= 0.3 is 0 Å². The van der Waals surface area contributed by atoms with Crippen LogP contribution in [0.5, 0.6) is 5.75 Å². The number of benzene rings is 3. The van der Waals surface area contributed by atoms with E-state index in [0.29, 0.717) is 27.7 Å². The van der Waals surface area contributed by atoms with Gasteiger partial charge in [-0.05, 0) is 66.6 Å². The van der Waals surface area contributed by atoms with Crippen molar-refractivity contribution in [2.45, 2.75) is 6.92 Å². The lowest BCUT2D eigenvalue weighted by Gasteiger charge is -2.08. The predicted molar refractivity (Wildman–Crippen MR) is 125 cm³/mol. The lowest BCUT2D eigenvalue weighted by molar-refractivity contribution is -0.118. The summed E-state index contributed by atoms with van der Waals surface area (Å²) in [5.74, 6) is -0.335. The van der Waals surface area contributed by atoms with Crippen molar-refractivity contribution in [3.63, 3.8) is 0 Å². The summed E-state index contributed by atoms with van der Waals surface area (Å²) in [7, 11) is 0. The van der Waals surface area contributed by atoms with Crippen molar-refractivity contribution in [3.8, 4) is 11.8 Å². The predicted octanol–water partition coefficient (Wildman–Crippen LogP) is 5.21. The van der Waals surface area contributed by atoms with Gasteiger partial charge < -0.3 is 15.4 Å². The van der Waals surface area contributed by atoms with Crippen molar-refractivity contribution in [3.05, 3.63) is 94.5 Å². The van der Waals surface area contributed by atoms with Gasteiger partial charge in [0.15, 0.2) is 6.61 Å². The number of nitrogens with one attached hydrogen (secondary N) is 2. The Bertz CT molecular complexity index is 1200. The quantitative estimate of drug-likeness (QED) is 0.385. The lowest BCUT2D eigenvalue weighted by Crippen LogP contribution is -2.20. The lowest BCUT2D eigenvalue weighted by atomic mass is 10.1. The standard InChI is InChI=1S/C25H20ClN3O3/c1-17-4-2-6-21(12-17)29-25(31)19(15-27)13-18-8-10-23(11-9-18)32-16-24(30)28-22-7-3-5-20(26)14-22/h2-14H,16H2,1H3,(H,28,30)(H,29,31)/b19-13+. The molecule has 0 radical (unpaired) electrons. The first-order valence-electron chi connectivity index (χ1n) is 9.71. The molecule has 7 heteroatoms. The fraction of sp³-hybridized carbons (Fsp3) is 0.0800. The molecule has 0 saturated heterocycles. The van der Waals surface area contributed by atoms with E-state index in [1.165, 1.54) is 6.08 Å². The summed E-state index contributed by atoms with van der Waals surface area (Å²) in [5.41, 5.74) is 2.83. The zero-order valence-electron chi connectivity index (χ0n) is 17.3. The first-order valence-corrected chi connectivity index (χ1v) is 10.1. The zero-order valence-corrected chi connectivity index (χ0v) is 18.0. The molecule has 0 spiro atoms. The number of carbonyl (C=O) groups excluding carboxylic acids is 2. The zero-order chi connectivity index (χ0) is 22.9. The van der Waals surface area contributed by atoms with Gasteiger partial charge in [0.25, 0.3) is 11.8 Å². The van der Waals surface area contributed by atoms with Crippen LogP contribution in [0.25, 0.3) is 6.08 Å². The normalized spacial score (nSPS) is 10.7. The number of hydrogen-bond acceptors (Lipinski definition) is 4. The van der Waals surface area contributed by atoms with Crippen LogP contribution in [0, 0.1) is 18.3 Å². The maximum atomic E-state index is 12.4. The van der Waals surface area contributed by atoms with E-state index >= 15 is 0 Å². The number of nitriles is 1. The molecule has 0 unspecified atom stereocenters. The average molecular weight is 446 g/mol. The van der Waals surface area contributed by atoms with Crippen molar-refractivity contribution in [2.24, 2.45) is 0 Å². The molecule has 3 rings (SSSR count). The molecule has 3 aromatic carbocycles. The number of halogens is 1. The van der Waals surface area contributed by atoms with Crippen LogP contribution in [0.2, 0.25) is 5.02 Å². The Morgan fingerprint density at radius 2 is 1.69 bits per heavy atom. The topological polar surface area (TPSA) is 91.2 Å². The minimum absolute atomic E-state index is 0.0268. The Morgan fingerprint density at radius 1 is 1.00 bits per heavy atom. The first kappa shape index (κ1) is 22.6. The van der Waals surface area contributed by atoms with Crippen molar-refractivity contribution in [1.82, 2.24) is 0 Å². The highest BCUT2D eigenvalue weighted by molar-refractivity contribution is 6.30. The molecule has 0 fully saturated rings. The van der Waals surface area contributed by atoms with Crippen molar-refractivity contribution in [1.29, 1.82) is 5.26 Å². The van der Waals surface area contributed by atoms with Gasteiger partial charge in [0.2, 0.25) is 0 Å². The fourth-order valence-electron chi connectivity index (χ4n) is 2.81. The third kappa shape index (κ3) is 6.73. The molecule has 0 aliphatic carbocycles. The monoisotopic (exact) mass is 445 g/mol. The highest BCUT2D eigenvalue weighted by Gasteiger charge is 2.10. The van der Waals surface area contributed by atoms with E-state index in [1.54, 1.807) is 54.6 Å². The van der Waals surface area contributed by atoms with Crippen LogP contribution in [-0.2, 0) is 9.59 Å². The summed E-state index contributed by atoms with van der Waals surface area (Å²) in [5, 5.41) is 15.3. The van der Waals surface area contributed by atoms with E-state index in [1.807, 2.05) is 31.2 Å². The number of aryl methyl sites for hydroxylation is 1. The summed E-state index contributed by atoms with van der Waals surface area (Å²) < 4.78 is 5.48. The van der Waals surface area contributed by atoms with Crippen molar-refractivity contribution < 1.29 is 14.3 Å². The summed E-state index contributed by atoms with van der Waals surface area (Å²) in [6.45, 7) is 1.74. The summed E-state index contributed by atoms with van der Waals surface area (Å²) >= 11 is 5.90. The van der Waals surface area contributed by atoms with E-state index < -0.39 is 5.91 Å². The number of ether oxygens (including phenoxy) is 1. The second-order valence-electron chi connectivity index (χ2n) is 6.91. The number of amides is 2. The molecule has 0 aliphatic rings. The Balaban J connectivity index is 1.57. The van der Waals surface area contributed by atoms with Gasteiger partial charge in [-0.15, -0.1) is 0 Å². The molecular weight excluding hydrogens is 426 g/mol. The van der Waals surface area contributed by atoms with E-state index in [4.69, 9.17) is 16.3 Å². The van der Waals surface area contributed by atoms with Gasteiger partial charge in [0.05, 0.1) is 0 Å². The number of anilines is 2. The van der Waals surface area contributed by atoms with E-state index in [2.05, 4.69) is 10.6 Å². The second-order valence-corrected chi connectivity index (χ2v) is 7.35. The first-order chi connectivity index (χ1) is 15.4. The van der Waals surface area contributed by atoms with Crippen LogP contribution in [-0.4, -0.2) is 18.4 Å². The van der Waals surface area contributed by atoms with Crippen LogP contribution in [0.4, 0.5) is 11.4 Å².